The Balaban J connectivity index is 1.68. The number of aliphatic carboxylic acids is 1. The minimum atomic E-state index is -4.67. The summed E-state index contributed by atoms with van der Waals surface area (Å²) in [5.41, 5.74) is 3.18. The summed E-state index contributed by atoms with van der Waals surface area (Å²) in [6, 6.07) is -5.93. The first kappa shape index (κ1) is 84.5. The second-order valence-electron chi connectivity index (χ2n) is 27.6. The van der Waals surface area contributed by atoms with E-state index in [1.54, 1.807) is 27.7 Å². The summed E-state index contributed by atoms with van der Waals surface area (Å²) in [6.45, 7) is 13.5. The van der Waals surface area contributed by atoms with Crippen LogP contribution in [0.4, 0.5) is 22.8 Å². The highest BCUT2D eigenvalue weighted by molar-refractivity contribution is 6.02. The molecule has 0 aromatic heterocycles. The molecule has 1 saturated heterocycles. The van der Waals surface area contributed by atoms with E-state index in [0.29, 0.717) is 44.9 Å². The number of unbranched alkanes of at least 4 members (excludes halogenated alkanes) is 1. The van der Waals surface area contributed by atoms with Gasteiger partial charge in [-0.1, -0.05) is 99.1 Å². The van der Waals surface area contributed by atoms with E-state index < -0.39 is 155 Å². The Bertz CT molecular complexity index is 2990. The molecule has 100 heavy (non-hydrogen) atoms. The number of hydrogen-bond acceptors (Lipinski definition) is 14. The van der Waals surface area contributed by atoms with E-state index in [4.69, 9.17) is 10.5 Å². The molecule has 1 aromatic rings. The van der Waals surface area contributed by atoms with Crippen molar-refractivity contribution in [1.82, 2.24) is 54.7 Å². The molecule has 0 unspecified atom stereocenters. The number of nitrogens with two attached hydrogens (primary N) is 1. The summed E-state index contributed by atoms with van der Waals surface area (Å²) >= 11 is 0. The van der Waals surface area contributed by atoms with Crippen molar-refractivity contribution in [3.63, 3.8) is 0 Å². The zero-order chi connectivity index (χ0) is 75.1. The monoisotopic (exact) mass is 1420 g/mol. The molecule has 3 aliphatic rings. The molecule has 562 valence electrons. The van der Waals surface area contributed by atoms with Gasteiger partial charge in [0.05, 0.1) is 31.7 Å². The molecule has 27 nitrogen and oxygen atoms in total. The van der Waals surface area contributed by atoms with Crippen LogP contribution < -0.4 is 16.4 Å². The Morgan fingerprint density at radius 1 is 0.680 bits per heavy atom. The fraction of sp³-hybridized carbons (Fsp3) is 0.729. The van der Waals surface area contributed by atoms with Gasteiger partial charge in [0.1, 0.15) is 41.8 Å². The van der Waals surface area contributed by atoms with Gasteiger partial charge in [0, 0.05) is 87.2 Å². The number of morpholine rings is 1. The van der Waals surface area contributed by atoms with Crippen LogP contribution >= 0.6 is 0 Å². The van der Waals surface area contributed by atoms with E-state index in [2.05, 4.69) is 10.6 Å². The number of hydrogen-bond donors (Lipinski definition) is 4. The molecular formula is C70H111F3N12O15. The first-order valence-electron chi connectivity index (χ1n) is 35.4. The van der Waals surface area contributed by atoms with Crippen LogP contribution in [-0.2, 0) is 70.1 Å². The van der Waals surface area contributed by atoms with Crippen molar-refractivity contribution in [3.05, 3.63) is 35.4 Å². The lowest BCUT2D eigenvalue weighted by Gasteiger charge is -2.42. The van der Waals surface area contributed by atoms with E-state index in [-0.39, 0.29) is 115 Å². The minimum Gasteiger partial charge on any atom is -0.481 e. The third-order valence-electron chi connectivity index (χ3n) is 19.6. The van der Waals surface area contributed by atoms with Crippen LogP contribution in [0, 0.1) is 17.8 Å². The molecule has 2 aliphatic carbocycles. The largest absolute Gasteiger partial charge is 0.481 e. The van der Waals surface area contributed by atoms with Crippen molar-refractivity contribution in [2.75, 3.05) is 87.7 Å². The van der Waals surface area contributed by atoms with Crippen molar-refractivity contribution in [3.8, 4) is 0 Å². The molecule has 14 amide bonds. The number of amides is 14. The molecule has 5 N–H and O–H groups in total. The normalized spacial score (nSPS) is 16.7. The standard InChI is InChI=1S/C70H111F3N12O15/c1-14-18-36-84(55(87)26-23-27-57(89)90)67(98)76-69(32-21-22-33-69)66(97)81(13)59(49-24-19-20-25-49)65(96)80(12)52(63(94)82-37-39-100-40-38-82)43-56(88)79(11)51(41-45(5)6)60(91)75-58(46(7)17-4)64(95)78(10)47(8)61(92)85(35-16-3)68(99)83(34-15-2)53(62(93)77(9)44-54(74)86)42-48-28-30-50(31-29-48)70(71,72)73/h28-31,45-47,49,51-53,58-59H,14-27,32-44H2,1-13H3,(H2,74,86)(H,75,91)(H,76,98)(H,89,90)/t46-,47-,51-,52-,53-,58-,59-/m0/s1. The number of carbonyl (C=O) groups is 13. The molecule has 1 heterocycles. The molecule has 0 radical (unpaired) electrons. The Hall–Kier alpha value is -7.92. The predicted octanol–water partition coefficient (Wildman–Crippen LogP) is 5.88. The predicted molar refractivity (Wildman–Crippen MR) is 365 cm³/mol. The highest BCUT2D eigenvalue weighted by Crippen LogP contribution is 2.37. The van der Waals surface area contributed by atoms with Gasteiger partial charge in [-0.15, -0.1) is 0 Å². The van der Waals surface area contributed by atoms with E-state index in [0.717, 1.165) is 61.6 Å². The topological polar surface area (TPSA) is 331 Å². The second kappa shape index (κ2) is 39.3. The van der Waals surface area contributed by atoms with Crippen molar-refractivity contribution in [2.45, 2.75) is 225 Å². The molecule has 0 bridgehead atoms. The van der Waals surface area contributed by atoms with Crippen molar-refractivity contribution < 1.29 is 85.3 Å². The number of halogens is 3. The fourth-order valence-electron chi connectivity index (χ4n) is 13.4. The first-order valence-corrected chi connectivity index (χ1v) is 35.4. The van der Waals surface area contributed by atoms with Crippen molar-refractivity contribution in [1.29, 1.82) is 0 Å². The van der Waals surface area contributed by atoms with E-state index in [9.17, 15) is 61.4 Å². The van der Waals surface area contributed by atoms with Gasteiger partial charge < -0.3 is 60.5 Å². The van der Waals surface area contributed by atoms with Crippen molar-refractivity contribution >= 4 is 77.1 Å². The lowest BCUT2D eigenvalue weighted by atomic mass is 9.90. The number of carboxylic acids is 1. The molecule has 2 saturated carbocycles. The maximum Gasteiger partial charge on any atom is 0.416 e. The Kier molecular flexibility index (Phi) is 33.2. The lowest BCUT2D eigenvalue weighted by molar-refractivity contribution is -0.157. The summed E-state index contributed by atoms with van der Waals surface area (Å²) < 4.78 is 46.4. The summed E-state index contributed by atoms with van der Waals surface area (Å²) in [6.07, 6.45) is -0.213. The lowest BCUT2D eigenvalue weighted by Crippen LogP contribution is -2.65. The van der Waals surface area contributed by atoms with Crippen LogP contribution in [0.2, 0.25) is 0 Å². The van der Waals surface area contributed by atoms with Gasteiger partial charge in [0.2, 0.25) is 53.2 Å². The highest BCUT2D eigenvalue weighted by Gasteiger charge is 2.51. The number of carboxylic acid groups (broad SMARTS) is 1. The molecule has 4 rings (SSSR count). The van der Waals surface area contributed by atoms with Crippen LogP contribution in [0.15, 0.2) is 24.3 Å². The molecule has 1 aliphatic heterocycles. The number of imide groups is 2. The van der Waals surface area contributed by atoms with Gasteiger partial charge >= 0.3 is 24.2 Å². The molecule has 3 fully saturated rings. The summed E-state index contributed by atoms with van der Waals surface area (Å²) in [5, 5.41) is 15.0. The third kappa shape index (κ3) is 22.8. The van der Waals surface area contributed by atoms with Gasteiger partial charge in [-0.25, -0.2) is 9.59 Å². The Labute approximate surface area is 587 Å². The number of primary amides is 1. The zero-order valence-corrected chi connectivity index (χ0v) is 61.0. The average Bonchev–Trinajstić information content (AvgIpc) is 1.45. The SMILES string of the molecule is CCCCN(C(=O)CCCC(=O)O)C(=O)NC1(C(=O)N(C)[C@H](C(=O)N(C)[C@@H](CC(=O)N(C)[C@@H](CC(C)C)C(=O)N[C@H](C(=O)N(C)[C@@H](C)C(=O)N(CCC)C(=O)N(CCC)[C@@H](Cc2ccc(C(F)(F)F)cc2)C(=O)N(C)CC(N)=O)[C@@H](C)CC)C(=O)N2CCOCC2)C2CCCC2)CCCC1. The number of alkyl halides is 3. The van der Waals surface area contributed by atoms with Gasteiger partial charge in [0.25, 0.3) is 5.91 Å². The van der Waals surface area contributed by atoms with Gasteiger partial charge in [-0.05, 0) is 100 Å². The molecule has 0 spiro atoms. The average molecular weight is 1420 g/mol. The Morgan fingerprint density at radius 2 is 1.28 bits per heavy atom. The Morgan fingerprint density at radius 3 is 1.81 bits per heavy atom. The maximum atomic E-state index is 15.6. The highest BCUT2D eigenvalue weighted by atomic mass is 19.4. The van der Waals surface area contributed by atoms with E-state index >= 15 is 19.2 Å². The number of nitrogens with one attached hydrogen (secondary N) is 2. The van der Waals surface area contributed by atoms with E-state index in [1.807, 2.05) is 20.8 Å². The number of ether oxygens (including phenoxy) is 1. The number of rotatable bonds is 36. The first-order chi connectivity index (χ1) is 47.0. The summed E-state index contributed by atoms with van der Waals surface area (Å²) in [7, 11) is 6.86. The summed E-state index contributed by atoms with van der Waals surface area (Å²) in [4.78, 5) is 196. The fourth-order valence-corrected chi connectivity index (χ4v) is 13.4. The van der Waals surface area contributed by atoms with Crippen molar-refractivity contribution in [2.24, 2.45) is 23.5 Å². The van der Waals surface area contributed by atoms with Gasteiger partial charge in [0.15, 0.2) is 0 Å². The molecule has 7 atom stereocenters. The van der Waals surface area contributed by atoms with Gasteiger partial charge in [-0.3, -0.25) is 62.5 Å². The third-order valence-corrected chi connectivity index (χ3v) is 19.6. The quantitative estimate of drug-likeness (QED) is 0.0609. The number of carbonyl (C=O) groups excluding carboxylic acids is 12. The number of nitrogens with zero attached hydrogens (tertiary/aromatic N) is 9. The van der Waals surface area contributed by atoms with Crippen LogP contribution in [0.5, 0.6) is 0 Å². The van der Waals surface area contributed by atoms with Crippen LogP contribution in [0.1, 0.15) is 182 Å². The smallest absolute Gasteiger partial charge is 0.416 e. The zero-order valence-electron chi connectivity index (χ0n) is 61.0. The van der Waals surface area contributed by atoms with E-state index in [1.165, 1.54) is 61.8 Å². The van der Waals surface area contributed by atoms with Crippen LogP contribution in [0.25, 0.3) is 0 Å². The molecule has 1 aromatic carbocycles. The molecule has 30 heteroatoms. The minimum absolute atomic E-state index is 0.00204. The number of benzene rings is 1. The van der Waals surface area contributed by atoms with Gasteiger partial charge in [-0.2, -0.15) is 13.2 Å². The summed E-state index contributed by atoms with van der Waals surface area (Å²) in [5.74, 6) is -9.53. The van der Waals surface area contributed by atoms with Crippen LogP contribution in [0.3, 0.4) is 0 Å². The molecular weight excluding hydrogens is 1310 g/mol. The van der Waals surface area contributed by atoms with Crippen LogP contribution in [-0.4, -0.2) is 256 Å². The number of urea groups is 2. The maximum absolute atomic E-state index is 15.6. The number of likely N-dealkylation sites (N-methyl/N-ethyl adjacent to an activating group) is 5. The second-order valence-corrected chi connectivity index (χ2v) is 27.6.